The maximum absolute atomic E-state index is 11.5. The number of carboxylic acid groups (broad SMARTS) is 1. The monoisotopic (exact) mass is 321 g/mol. The predicted octanol–water partition coefficient (Wildman–Crippen LogP) is 1.79. The molecule has 2 rings (SSSR count). The quantitative estimate of drug-likeness (QED) is 0.789. The lowest BCUT2D eigenvalue weighted by atomic mass is 10.1. The minimum atomic E-state index is -4.04. The van der Waals surface area contributed by atoms with Gasteiger partial charge in [0.15, 0.2) is 5.03 Å². The molecule has 0 bridgehead atoms. The van der Waals surface area contributed by atoms with Crippen LogP contribution in [0.1, 0.15) is 21.5 Å². The van der Waals surface area contributed by atoms with Crippen LogP contribution in [0.3, 0.4) is 0 Å². The molecule has 2 aromatic rings. The Morgan fingerprint density at radius 3 is 2.45 bits per heavy atom. The van der Waals surface area contributed by atoms with E-state index in [9.17, 15) is 18.3 Å². The van der Waals surface area contributed by atoms with Gasteiger partial charge in [0.25, 0.3) is 10.0 Å². The van der Waals surface area contributed by atoms with Gasteiger partial charge in [0, 0.05) is 17.4 Å². The second kappa shape index (κ2) is 5.74. The molecule has 22 heavy (non-hydrogen) atoms. The molecule has 0 fully saturated rings. The van der Waals surface area contributed by atoms with E-state index in [1.54, 1.807) is 12.1 Å². The number of pyridine rings is 1. The van der Waals surface area contributed by atoms with Crippen molar-refractivity contribution in [2.45, 2.75) is 18.9 Å². The first kappa shape index (κ1) is 15.9. The van der Waals surface area contributed by atoms with E-state index in [0.29, 0.717) is 5.69 Å². The zero-order chi connectivity index (χ0) is 16.5. The number of carbonyl (C=O) groups is 1. The topological polar surface area (TPSA) is 122 Å². The number of hydrogen-bond donors (Lipinski definition) is 3. The van der Waals surface area contributed by atoms with Crippen LogP contribution >= 0.6 is 0 Å². The van der Waals surface area contributed by atoms with Gasteiger partial charge < -0.3 is 10.4 Å². The first-order valence-electron chi connectivity index (χ1n) is 6.30. The lowest BCUT2D eigenvalue weighted by molar-refractivity contribution is 0.0697. The molecule has 0 unspecified atom stereocenters. The van der Waals surface area contributed by atoms with Gasteiger partial charge >= 0.3 is 5.97 Å². The van der Waals surface area contributed by atoms with Crippen molar-refractivity contribution in [3.8, 4) is 0 Å². The minimum absolute atomic E-state index is 0.131. The molecular formula is C14H15N3O4S. The summed E-state index contributed by atoms with van der Waals surface area (Å²) in [5.74, 6) is -1.22. The molecule has 0 amide bonds. The number of carboxylic acids is 1. The number of nitrogens with one attached hydrogen (secondary N) is 1. The van der Waals surface area contributed by atoms with E-state index in [4.69, 9.17) is 5.14 Å². The number of hydrogen-bond acceptors (Lipinski definition) is 5. The van der Waals surface area contributed by atoms with Crippen LogP contribution in [-0.2, 0) is 10.0 Å². The number of rotatable bonds is 4. The maximum Gasteiger partial charge on any atom is 0.339 e. The highest BCUT2D eigenvalue weighted by atomic mass is 32.2. The van der Waals surface area contributed by atoms with Crippen molar-refractivity contribution >= 4 is 27.4 Å². The summed E-state index contributed by atoms with van der Waals surface area (Å²) >= 11 is 0. The third-order valence-electron chi connectivity index (χ3n) is 3.18. The molecule has 1 aromatic heterocycles. The summed E-state index contributed by atoms with van der Waals surface area (Å²) in [4.78, 5) is 15.0. The zero-order valence-corrected chi connectivity index (χ0v) is 12.8. The molecule has 0 atom stereocenters. The smallest absolute Gasteiger partial charge is 0.339 e. The molecule has 0 aliphatic heterocycles. The van der Waals surface area contributed by atoms with Crippen LogP contribution < -0.4 is 10.5 Å². The summed E-state index contributed by atoms with van der Waals surface area (Å²) in [7, 11) is -4.04. The highest BCUT2D eigenvalue weighted by Crippen LogP contribution is 2.29. The number of nitrogens with two attached hydrogens (primary N) is 1. The Morgan fingerprint density at radius 1 is 1.27 bits per heavy atom. The second-order valence-corrected chi connectivity index (χ2v) is 6.24. The van der Waals surface area contributed by atoms with E-state index >= 15 is 0 Å². The van der Waals surface area contributed by atoms with Gasteiger partial charge in [0.05, 0.1) is 5.69 Å². The maximum atomic E-state index is 11.5. The molecule has 1 heterocycles. The van der Waals surface area contributed by atoms with Crippen molar-refractivity contribution in [1.82, 2.24) is 4.98 Å². The number of sulfonamides is 1. The number of benzene rings is 1. The first-order chi connectivity index (χ1) is 10.2. The molecular weight excluding hydrogens is 306 g/mol. The van der Waals surface area contributed by atoms with Crippen molar-refractivity contribution in [3.05, 3.63) is 47.2 Å². The van der Waals surface area contributed by atoms with Crippen LogP contribution in [0.2, 0.25) is 0 Å². The number of primary sulfonamides is 1. The Labute approximate surface area is 127 Å². The summed E-state index contributed by atoms with van der Waals surface area (Å²) in [5, 5.41) is 17.0. The summed E-state index contributed by atoms with van der Waals surface area (Å²) in [5.41, 5.74) is 1.73. The van der Waals surface area contributed by atoms with Crippen LogP contribution in [0.4, 0.5) is 11.4 Å². The van der Waals surface area contributed by atoms with Crippen molar-refractivity contribution in [2.75, 3.05) is 5.32 Å². The van der Waals surface area contributed by atoms with E-state index in [1.807, 2.05) is 19.1 Å². The average Bonchev–Trinajstić information content (AvgIpc) is 2.41. The molecule has 0 aliphatic rings. The summed E-state index contributed by atoms with van der Waals surface area (Å²) < 4.78 is 23.1. The highest BCUT2D eigenvalue weighted by Gasteiger charge is 2.22. The van der Waals surface area contributed by atoms with Gasteiger partial charge in [-0.3, -0.25) is 0 Å². The number of aromatic carboxylic acids is 1. The molecule has 0 saturated carbocycles. The molecule has 0 aliphatic carbocycles. The van der Waals surface area contributed by atoms with E-state index in [-0.39, 0.29) is 21.8 Å². The summed E-state index contributed by atoms with van der Waals surface area (Å²) in [6.45, 7) is 3.31. The van der Waals surface area contributed by atoms with Gasteiger partial charge in [0.1, 0.15) is 5.56 Å². The fourth-order valence-corrected chi connectivity index (χ4v) is 2.78. The number of aromatic nitrogens is 1. The van der Waals surface area contributed by atoms with Crippen molar-refractivity contribution in [1.29, 1.82) is 0 Å². The Morgan fingerprint density at radius 2 is 1.91 bits per heavy atom. The number of anilines is 2. The van der Waals surface area contributed by atoms with Gasteiger partial charge in [-0.05, 0) is 25.5 Å². The Balaban J connectivity index is 2.66. The van der Waals surface area contributed by atoms with Crippen LogP contribution in [0, 0.1) is 13.8 Å². The standard InChI is InChI=1S/C14H15N3O4S/c1-8-5-3-4-6-11(8)17-12-9(2)13(22(15,20)21)16-7-10(12)14(18)19/h3-7H,1-2H3,(H,16,17)(H,18,19)(H2,15,20,21). The van der Waals surface area contributed by atoms with Gasteiger partial charge in [-0.1, -0.05) is 18.2 Å². The van der Waals surface area contributed by atoms with Gasteiger partial charge in [0.2, 0.25) is 0 Å². The normalized spacial score (nSPS) is 11.2. The Bertz CT molecular complexity index is 847. The van der Waals surface area contributed by atoms with Gasteiger partial charge in [-0.15, -0.1) is 0 Å². The fourth-order valence-electron chi connectivity index (χ4n) is 2.05. The fraction of sp³-hybridized carbons (Fsp3) is 0.143. The van der Waals surface area contributed by atoms with Crippen LogP contribution in [0.5, 0.6) is 0 Å². The summed E-state index contributed by atoms with van der Waals surface area (Å²) in [6, 6.07) is 7.23. The zero-order valence-electron chi connectivity index (χ0n) is 12.0. The van der Waals surface area contributed by atoms with E-state index in [2.05, 4.69) is 10.3 Å². The Hall–Kier alpha value is -2.45. The molecule has 1 aromatic carbocycles. The van der Waals surface area contributed by atoms with Gasteiger partial charge in [-0.2, -0.15) is 0 Å². The van der Waals surface area contributed by atoms with Crippen molar-refractivity contribution < 1.29 is 18.3 Å². The third-order valence-corrected chi connectivity index (χ3v) is 4.13. The third kappa shape index (κ3) is 3.07. The lowest BCUT2D eigenvalue weighted by Gasteiger charge is -2.16. The van der Waals surface area contributed by atoms with E-state index < -0.39 is 16.0 Å². The number of aryl methyl sites for hydroxylation is 1. The van der Waals surface area contributed by atoms with Gasteiger partial charge in [-0.25, -0.2) is 23.3 Å². The molecule has 4 N–H and O–H groups in total. The predicted molar refractivity (Wildman–Crippen MR) is 81.8 cm³/mol. The molecule has 7 nitrogen and oxygen atoms in total. The average molecular weight is 321 g/mol. The largest absolute Gasteiger partial charge is 0.478 e. The minimum Gasteiger partial charge on any atom is -0.478 e. The Kier molecular flexibility index (Phi) is 4.16. The molecule has 0 spiro atoms. The van der Waals surface area contributed by atoms with Crippen molar-refractivity contribution in [2.24, 2.45) is 5.14 Å². The highest BCUT2D eigenvalue weighted by molar-refractivity contribution is 7.89. The van der Waals surface area contributed by atoms with E-state index in [0.717, 1.165) is 11.8 Å². The molecule has 116 valence electrons. The molecule has 0 saturated heterocycles. The van der Waals surface area contributed by atoms with Crippen molar-refractivity contribution in [3.63, 3.8) is 0 Å². The lowest BCUT2D eigenvalue weighted by Crippen LogP contribution is -2.18. The van der Waals surface area contributed by atoms with Crippen LogP contribution in [-0.4, -0.2) is 24.5 Å². The molecule has 0 radical (unpaired) electrons. The number of para-hydroxylation sites is 1. The number of nitrogens with zero attached hydrogens (tertiary/aromatic N) is 1. The molecule has 8 heteroatoms. The van der Waals surface area contributed by atoms with Crippen LogP contribution in [0.25, 0.3) is 0 Å². The second-order valence-electron chi connectivity index (χ2n) is 4.77. The van der Waals surface area contributed by atoms with Crippen LogP contribution in [0.15, 0.2) is 35.5 Å². The SMILES string of the molecule is Cc1ccccc1Nc1c(C(=O)O)cnc(S(N)(=O)=O)c1C. The van der Waals surface area contributed by atoms with E-state index in [1.165, 1.54) is 6.92 Å². The summed E-state index contributed by atoms with van der Waals surface area (Å²) in [6.07, 6.45) is 0.982. The first-order valence-corrected chi connectivity index (χ1v) is 7.85.